The number of allylic oxidation sites excluding steroid dienone is 1. The van der Waals surface area contributed by atoms with Crippen LogP contribution in [0.25, 0.3) is 0 Å². The molecule has 360 valence electrons. The highest BCUT2D eigenvalue weighted by Gasteiger charge is 2.78. The summed E-state index contributed by atoms with van der Waals surface area (Å²) in [6.07, 6.45) is -9.10. The SMILES string of the molecule is C=CCCC(=O)O[C@@H](C(=O)O[C@H]1C[C@@]2(O)[C@@H](OC(=O)c3ccccc3)[C@@H]3[C@]4(OC(C)=O)CO[C@@H]4C[C@H](O)[C@@]3(C)C(=O)[C@H](OC(C)=O)C(=C1C)C2(C)C)[C@@H](NC(=O)c1ccccc1)c1ccccc1. The maximum absolute atomic E-state index is 15.7. The Labute approximate surface area is 394 Å². The molecule has 0 unspecified atom stereocenters. The van der Waals surface area contributed by atoms with Gasteiger partial charge in [-0.2, -0.15) is 0 Å². The third-order valence-corrected chi connectivity index (χ3v) is 14.3. The lowest BCUT2D eigenvalue weighted by molar-refractivity contribution is -0.346. The molecule has 0 radical (unpaired) electrons. The largest absolute Gasteiger partial charge is 0.455 e. The second-order valence-corrected chi connectivity index (χ2v) is 18.6. The van der Waals surface area contributed by atoms with Gasteiger partial charge >= 0.3 is 29.8 Å². The first kappa shape index (κ1) is 49.4. The topological polar surface area (TPSA) is 227 Å². The molecule has 3 aliphatic carbocycles. The zero-order chi connectivity index (χ0) is 49.3. The number of hydrogen-bond acceptors (Lipinski definition) is 15. The first-order valence-electron chi connectivity index (χ1n) is 22.5. The molecule has 1 heterocycles. The number of aliphatic hydroxyl groups excluding tert-OH is 1. The molecule has 3 aromatic rings. The Kier molecular flexibility index (Phi) is 14.0. The molecule has 16 nitrogen and oxygen atoms in total. The number of nitrogens with one attached hydrogen (secondary N) is 1. The minimum atomic E-state index is -2.44. The number of amides is 1. The highest BCUT2D eigenvalue weighted by atomic mass is 16.6. The third kappa shape index (κ3) is 8.76. The monoisotopic (exact) mass is 935 g/mol. The van der Waals surface area contributed by atoms with Gasteiger partial charge in [-0.25, -0.2) is 9.59 Å². The molecule has 2 saturated carbocycles. The average Bonchev–Trinajstić information content (AvgIpc) is 3.30. The molecule has 3 N–H and O–H groups in total. The molecule has 0 aromatic heterocycles. The van der Waals surface area contributed by atoms with E-state index in [1.165, 1.54) is 32.1 Å². The van der Waals surface area contributed by atoms with E-state index in [0.717, 1.165) is 13.8 Å². The maximum atomic E-state index is 15.7. The molecule has 7 rings (SSSR count). The minimum Gasteiger partial charge on any atom is -0.455 e. The van der Waals surface area contributed by atoms with Crippen LogP contribution in [0.2, 0.25) is 0 Å². The predicted octanol–water partition coefficient (Wildman–Crippen LogP) is 5.25. The number of ether oxygens (including phenoxy) is 6. The van der Waals surface area contributed by atoms with Gasteiger partial charge in [0.25, 0.3) is 5.91 Å². The van der Waals surface area contributed by atoms with Crippen molar-refractivity contribution in [2.45, 2.75) is 121 Å². The normalized spacial score (nSPS) is 29.9. The molecule has 3 fully saturated rings. The van der Waals surface area contributed by atoms with Gasteiger partial charge in [-0.3, -0.25) is 24.0 Å². The summed E-state index contributed by atoms with van der Waals surface area (Å²) in [5, 5.41) is 28.9. The van der Waals surface area contributed by atoms with Crippen molar-refractivity contribution >= 4 is 41.5 Å². The second kappa shape index (κ2) is 19.2. The van der Waals surface area contributed by atoms with E-state index in [-0.39, 0.29) is 48.1 Å². The van der Waals surface area contributed by atoms with E-state index < -0.39 is 119 Å². The van der Waals surface area contributed by atoms with Gasteiger partial charge in [-0.15, -0.1) is 6.58 Å². The number of Topliss-reactive ketones (excluding diaryl/α,β-unsaturated/α-hetero) is 1. The van der Waals surface area contributed by atoms with E-state index in [2.05, 4.69) is 11.9 Å². The van der Waals surface area contributed by atoms with Gasteiger partial charge in [-0.05, 0) is 61.2 Å². The van der Waals surface area contributed by atoms with Crippen LogP contribution in [0.4, 0.5) is 0 Å². The van der Waals surface area contributed by atoms with Crippen molar-refractivity contribution < 1.29 is 72.2 Å². The Bertz CT molecular complexity index is 2490. The average molecular weight is 936 g/mol. The Morgan fingerprint density at radius 2 is 1.47 bits per heavy atom. The molecule has 16 heteroatoms. The van der Waals surface area contributed by atoms with Gasteiger partial charge in [0.2, 0.25) is 6.10 Å². The molecule has 0 spiro atoms. The first-order valence-corrected chi connectivity index (χ1v) is 22.5. The third-order valence-electron chi connectivity index (χ3n) is 14.3. The van der Waals surface area contributed by atoms with Gasteiger partial charge in [0.1, 0.15) is 30.0 Å². The van der Waals surface area contributed by atoms with Crippen molar-refractivity contribution in [3.8, 4) is 0 Å². The number of ketones is 1. The Balaban J connectivity index is 1.42. The fraction of sp³-hybridized carbons (Fsp3) is 0.442. The molecular formula is C52H57NO15. The summed E-state index contributed by atoms with van der Waals surface area (Å²) in [7, 11) is 0. The number of aliphatic hydroxyl groups is 2. The van der Waals surface area contributed by atoms with Crippen LogP contribution in [-0.4, -0.2) is 106 Å². The van der Waals surface area contributed by atoms with Crippen LogP contribution in [0.15, 0.2) is 115 Å². The molecule has 1 aliphatic heterocycles. The summed E-state index contributed by atoms with van der Waals surface area (Å²) in [6.45, 7) is 11.6. The number of benzene rings is 3. The number of carbonyl (C=O) groups excluding carboxylic acids is 7. The Morgan fingerprint density at radius 3 is 2.03 bits per heavy atom. The number of hydrogen-bond donors (Lipinski definition) is 3. The quantitative estimate of drug-likeness (QED) is 0.107. The summed E-state index contributed by atoms with van der Waals surface area (Å²) in [5.41, 5.74) is -7.27. The van der Waals surface area contributed by atoms with Crippen molar-refractivity contribution in [3.05, 3.63) is 131 Å². The molecule has 4 aliphatic rings. The van der Waals surface area contributed by atoms with E-state index in [4.69, 9.17) is 28.4 Å². The van der Waals surface area contributed by atoms with Gasteiger partial charge in [0.05, 0.1) is 29.6 Å². The molecule has 11 atom stereocenters. The van der Waals surface area contributed by atoms with Crippen LogP contribution in [0, 0.1) is 16.7 Å². The molecule has 68 heavy (non-hydrogen) atoms. The number of fused-ring (bicyclic) bond motifs is 5. The molecule has 1 saturated heterocycles. The highest BCUT2D eigenvalue weighted by Crippen LogP contribution is 2.64. The fourth-order valence-electron chi connectivity index (χ4n) is 10.7. The number of rotatable bonds is 14. The van der Waals surface area contributed by atoms with E-state index in [9.17, 15) is 34.2 Å². The second-order valence-electron chi connectivity index (χ2n) is 18.6. The van der Waals surface area contributed by atoms with Crippen LogP contribution >= 0.6 is 0 Å². The first-order chi connectivity index (χ1) is 32.2. The summed E-state index contributed by atoms with van der Waals surface area (Å²) >= 11 is 0. The molecular weight excluding hydrogens is 879 g/mol. The number of carbonyl (C=O) groups is 7. The zero-order valence-corrected chi connectivity index (χ0v) is 38.8. The summed E-state index contributed by atoms with van der Waals surface area (Å²) in [6, 6.07) is 22.9. The summed E-state index contributed by atoms with van der Waals surface area (Å²) < 4.78 is 36.6. The molecule has 2 bridgehead atoms. The predicted molar refractivity (Wildman–Crippen MR) is 241 cm³/mol. The Hall–Kier alpha value is -6.49. The standard InChI is InChI=1S/C52H57NO15/c1-8-9-25-38(57)66-42(40(32-19-13-10-14-20-32)53-46(59)33-21-15-11-16-22-33)48(61)65-35-27-52(62)45(67-47(60)34-23-17-12-18-24-34)43-50(7,36(56)26-37-51(43,28-63-37)68-31(4)55)44(58)41(64-30(3)54)39(29(35)2)49(52,5)6/h8,10-24,35-37,40-43,45,56,62H,1,9,25-28H2,2-7H3,(H,53,59)/t35-,36-,37+,40-,41+,42+,43-,45-,50+,51-,52+/m0/s1. The van der Waals surface area contributed by atoms with Crippen LogP contribution in [0.5, 0.6) is 0 Å². The van der Waals surface area contributed by atoms with Crippen LogP contribution < -0.4 is 5.32 Å². The lowest BCUT2D eigenvalue weighted by atomic mass is 9.44. The van der Waals surface area contributed by atoms with Gasteiger partial charge in [0.15, 0.2) is 17.5 Å². The van der Waals surface area contributed by atoms with Crippen molar-refractivity contribution in [2.75, 3.05) is 6.61 Å². The fourth-order valence-corrected chi connectivity index (χ4v) is 10.7. The van der Waals surface area contributed by atoms with Crippen LogP contribution in [0.3, 0.4) is 0 Å². The van der Waals surface area contributed by atoms with E-state index >= 15 is 9.59 Å². The smallest absolute Gasteiger partial charge is 0.350 e. The van der Waals surface area contributed by atoms with Crippen LogP contribution in [-0.2, 0) is 52.4 Å². The Morgan fingerprint density at radius 1 is 0.868 bits per heavy atom. The van der Waals surface area contributed by atoms with E-state index in [0.29, 0.717) is 5.56 Å². The lowest BCUT2D eigenvalue weighted by Gasteiger charge is -2.67. The van der Waals surface area contributed by atoms with Crippen molar-refractivity contribution in [1.29, 1.82) is 0 Å². The molecule has 3 aromatic carbocycles. The maximum Gasteiger partial charge on any atom is 0.350 e. The van der Waals surface area contributed by atoms with Crippen molar-refractivity contribution in [2.24, 2.45) is 16.7 Å². The van der Waals surface area contributed by atoms with Crippen LogP contribution in [0.1, 0.15) is 99.5 Å². The zero-order valence-electron chi connectivity index (χ0n) is 38.8. The van der Waals surface area contributed by atoms with E-state index in [1.807, 2.05) is 0 Å². The van der Waals surface area contributed by atoms with Gasteiger partial charge < -0.3 is 44.0 Å². The van der Waals surface area contributed by atoms with Crippen molar-refractivity contribution in [1.82, 2.24) is 5.32 Å². The minimum absolute atomic E-state index is 0.0260. The van der Waals surface area contributed by atoms with E-state index in [1.54, 1.807) is 92.7 Å². The van der Waals surface area contributed by atoms with Gasteiger partial charge in [0, 0.05) is 44.1 Å². The summed E-state index contributed by atoms with van der Waals surface area (Å²) in [5.74, 6) is -7.75. The summed E-state index contributed by atoms with van der Waals surface area (Å²) in [4.78, 5) is 98.8. The highest BCUT2D eigenvalue weighted by molar-refractivity contribution is 5.96. The molecule has 1 amide bonds. The lowest BCUT2D eigenvalue weighted by Crippen LogP contribution is -2.82. The number of esters is 5. The van der Waals surface area contributed by atoms with Crippen molar-refractivity contribution in [3.63, 3.8) is 0 Å². The van der Waals surface area contributed by atoms with Gasteiger partial charge in [-0.1, -0.05) is 86.7 Å².